The summed E-state index contributed by atoms with van der Waals surface area (Å²) < 4.78 is 18.4. The summed E-state index contributed by atoms with van der Waals surface area (Å²) in [6.07, 6.45) is 4.40. The van der Waals surface area contributed by atoms with E-state index in [1.165, 1.54) is 18.4 Å². The van der Waals surface area contributed by atoms with Crippen molar-refractivity contribution in [1.29, 1.82) is 0 Å². The first-order chi connectivity index (χ1) is 11.1. The van der Waals surface area contributed by atoms with E-state index >= 15 is 0 Å². The fraction of sp³-hybridized carbons (Fsp3) is 0.176. The van der Waals surface area contributed by atoms with Crippen LogP contribution in [-0.4, -0.2) is 24.9 Å². The molecular weight excluding hydrogens is 299 g/mol. The highest BCUT2D eigenvalue weighted by atomic mass is 19.1. The predicted molar refractivity (Wildman–Crippen MR) is 84.2 cm³/mol. The van der Waals surface area contributed by atoms with Gasteiger partial charge in [0.15, 0.2) is 0 Å². The summed E-state index contributed by atoms with van der Waals surface area (Å²) in [6, 6.07) is 7.74. The van der Waals surface area contributed by atoms with E-state index in [0.29, 0.717) is 11.3 Å². The Bertz CT molecular complexity index is 709. The Balaban J connectivity index is 1.71. The van der Waals surface area contributed by atoms with Crippen LogP contribution in [0, 0.1) is 12.7 Å². The summed E-state index contributed by atoms with van der Waals surface area (Å²) in [7, 11) is 0. The monoisotopic (exact) mass is 316 g/mol. The van der Waals surface area contributed by atoms with Crippen LogP contribution in [0.4, 0.5) is 4.39 Å². The molecule has 0 aliphatic carbocycles. The second-order valence-corrected chi connectivity index (χ2v) is 4.86. The van der Waals surface area contributed by atoms with Crippen molar-refractivity contribution in [1.82, 2.24) is 10.6 Å². The summed E-state index contributed by atoms with van der Waals surface area (Å²) in [5.74, 6) is -0.523. The second-order valence-electron chi connectivity index (χ2n) is 4.86. The molecule has 5 nitrogen and oxygen atoms in total. The van der Waals surface area contributed by atoms with E-state index in [2.05, 4.69) is 10.6 Å². The van der Waals surface area contributed by atoms with Crippen LogP contribution in [0.2, 0.25) is 0 Å². The quantitative estimate of drug-likeness (QED) is 0.634. The largest absolute Gasteiger partial charge is 0.465 e. The Morgan fingerprint density at radius 1 is 1.22 bits per heavy atom. The molecule has 0 saturated heterocycles. The van der Waals surface area contributed by atoms with Crippen LogP contribution in [0.1, 0.15) is 21.7 Å². The maximum atomic E-state index is 13.4. The Morgan fingerprint density at radius 2 is 2.00 bits per heavy atom. The number of amides is 2. The predicted octanol–water partition coefficient (Wildman–Crippen LogP) is 2.29. The molecule has 2 N–H and O–H groups in total. The molecule has 23 heavy (non-hydrogen) atoms. The number of carbonyl (C=O) groups excluding carboxylic acids is 2. The molecule has 0 radical (unpaired) electrons. The van der Waals surface area contributed by atoms with Crippen molar-refractivity contribution in [3.63, 3.8) is 0 Å². The first kappa shape index (κ1) is 16.5. The molecule has 0 spiro atoms. The van der Waals surface area contributed by atoms with Crippen LogP contribution in [0.25, 0.3) is 6.08 Å². The van der Waals surface area contributed by atoms with E-state index < -0.39 is 5.82 Å². The van der Waals surface area contributed by atoms with Gasteiger partial charge in [-0.2, -0.15) is 0 Å². The molecule has 1 heterocycles. The van der Waals surface area contributed by atoms with Gasteiger partial charge in [0.1, 0.15) is 11.6 Å². The lowest BCUT2D eigenvalue weighted by Crippen LogP contribution is -2.34. The highest BCUT2D eigenvalue weighted by molar-refractivity contribution is 5.94. The van der Waals surface area contributed by atoms with E-state index in [9.17, 15) is 14.0 Å². The van der Waals surface area contributed by atoms with E-state index in [1.807, 2.05) is 0 Å². The molecule has 0 saturated carbocycles. The minimum atomic E-state index is -0.422. The number of aryl methyl sites for hydroxylation is 1. The summed E-state index contributed by atoms with van der Waals surface area (Å²) in [5, 5.41) is 5.22. The molecule has 1 aromatic heterocycles. The van der Waals surface area contributed by atoms with Crippen molar-refractivity contribution in [2.75, 3.05) is 13.1 Å². The number of carbonyl (C=O) groups is 2. The first-order valence-electron chi connectivity index (χ1n) is 7.10. The average molecular weight is 316 g/mol. The van der Waals surface area contributed by atoms with E-state index in [1.54, 1.807) is 37.3 Å². The summed E-state index contributed by atoms with van der Waals surface area (Å²) in [5.41, 5.74) is 0.731. The summed E-state index contributed by atoms with van der Waals surface area (Å²) in [4.78, 5) is 23.4. The Hall–Kier alpha value is -2.89. The molecule has 6 heteroatoms. The zero-order valence-corrected chi connectivity index (χ0v) is 12.6. The molecule has 0 unspecified atom stereocenters. The van der Waals surface area contributed by atoms with Gasteiger partial charge >= 0.3 is 0 Å². The molecular formula is C17H17FN2O3. The van der Waals surface area contributed by atoms with Crippen LogP contribution in [0.15, 0.2) is 47.1 Å². The van der Waals surface area contributed by atoms with E-state index in [-0.39, 0.29) is 30.5 Å². The Kier molecular flexibility index (Phi) is 5.68. The molecule has 2 amide bonds. The van der Waals surface area contributed by atoms with Crippen molar-refractivity contribution < 1.29 is 18.4 Å². The van der Waals surface area contributed by atoms with Crippen molar-refractivity contribution >= 4 is 17.9 Å². The third-order valence-electron chi connectivity index (χ3n) is 3.09. The van der Waals surface area contributed by atoms with Crippen LogP contribution < -0.4 is 10.6 Å². The lowest BCUT2D eigenvalue weighted by Gasteiger charge is -2.06. The minimum Gasteiger partial charge on any atom is -0.465 e. The second kappa shape index (κ2) is 7.93. The topological polar surface area (TPSA) is 71.3 Å². The average Bonchev–Trinajstić information content (AvgIpc) is 3.05. The highest BCUT2D eigenvalue weighted by Gasteiger charge is 2.07. The first-order valence-corrected chi connectivity index (χ1v) is 7.10. The zero-order valence-electron chi connectivity index (χ0n) is 12.6. The Morgan fingerprint density at radius 3 is 2.70 bits per heavy atom. The van der Waals surface area contributed by atoms with E-state index in [4.69, 9.17) is 4.42 Å². The van der Waals surface area contributed by atoms with Crippen molar-refractivity contribution in [2.45, 2.75) is 6.92 Å². The number of nitrogens with one attached hydrogen (secondary N) is 2. The van der Waals surface area contributed by atoms with Gasteiger partial charge in [0, 0.05) is 24.7 Å². The molecule has 0 fully saturated rings. The molecule has 1 aromatic carbocycles. The maximum absolute atomic E-state index is 13.4. The lowest BCUT2D eigenvalue weighted by atomic mass is 10.1. The van der Waals surface area contributed by atoms with Gasteiger partial charge in [-0.15, -0.1) is 0 Å². The molecule has 2 rings (SSSR count). The molecule has 0 aliphatic rings. The number of furan rings is 1. The van der Waals surface area contributed by atoms with Gasteiger partial charge in [0.05, 0.1) is 6.26 Å². The number of hydrogen-bond acceptors (Lipinski definition) is 3. The zero-order chi connectivity index (χ0) is 16.7. The van der Waals surface area contributed by atoms with Gasteiger partial charge in [0.2, 0.25) is 5.91 Å². The molecule has 120 valence electrons. The van der Waals surface area contributed by atoms with Gasteiger partial charge in [-0.25, -0.2) is 4.39 Å². The molecule has 0 aliphatic heterocycles. The lowest BCUT2D eigenvalue weighted by molar-refractivity contribution is -0.116. The molecule has 2 aromatic rings. The van der Waals surface area contributed by atoms with Gasteiger partial charge in [-0.3, -0.25) is 9.59 Å². The molecule has 0 atom stereocenters. The summed E-state index contributed by atoms with van der Waals surface area (Å²) in [6.45, 7) is 2.14. The third-order valence-corrected chi connectivity index (χ3v) is 3.09. The highest BCUT2D eigenvalue weighted by Crippen LogP contribution is 2.08. The van der Waals surface area contributed by atoms with Crippen LogP contribution >= 0.6 is 0 Å². The number of benzene rings is 1. The van der Waals surface area contributed by atoms with Crippen LogP contribution in [0.3, 0.4) is 0 Å². The van der Waals surface area contributed by atoms with Gasteiger partial charge in [0.25, 0.3) is 5.91 Å². The number of hydrogen-bond donors (Lipinski definition) is 2. The van der Waals surface area contributed by atoms with Crippen molar-refractivity contribution in [2.24, 2.45) is 0 Å². The standard InChI is InChI=1S/C17H17FN2O3/c1-12-4-5-13(11-15(12)18)17(22)20-9-8-19-16(21)7-6-14-3-2-10-23-14/h2-7,10-11H,8-9H2,1H3,(H,19,21)(H,20,22)/b7-6+. The van der Waals surface area contributed by atoms with Crippen LogP contribution in [0.5, 0.6) is 0 Å². The van der Waals surface area contributed by atoms with Gasteiger partial charge < -0.3 is 15.1 Å². The van der Waals surface area contributed by atoms with Crippen LogP contribution in [-0.2, 0) is 4.79 Å². The number of halogens is 1. The minimum absolute atomic E-state index is 0.245. The third kappa shape index (κ3) is 5.10. The fourth-order valence-electron chi connectivity index (χ4n) is 1.80. The SMILES string of the molecule is Cc1ccc(C(=O)NCCNC(=O)/C=C/c2ccco2)cc1F. The maximum Gasteiger partial charge on any atom is 0.251 e. The van der Waals surface area contributed by atoms with E-state index in [0.717, 1.165) is 0 Å². The van der Waals surface area contributed by atoms with Gasteiger partial charge in [-0.05, 0) is 42.8 Å². The van der Waals surface area contributed by atoms with Gasteiger partial charge in [-0.1, -0.05) is 6.07 Å². The Labute approximate surface area is 133 Å². The summed E-state index contributed by atoms with van der Waals surface area (Å²) >= 11 is 0. The number of rotatable bonds is 6. The molecule has 0 bridgehead atoms. The smallest absolute Gasteiger partial charge is 0.251 e. The van der Waals surface area contributed by atoms with Crippen molar-refractivity contribution in [3.8, 4) is 0 Å². The van der Waals surface area contributed by atoms with Crippen molar-refractivity contribution in [3.05, 3.63) is 65.4 Å². The fourth-order valence-corrected chi connectivity index (χ4v) is 1.80. The normalized spacial score (nSPS) is 10.7.